The topological polar surface area (TPSA) is 53.6 Å². The lowest BCUT2D eigenvalue weighted by molar-refractivity contribution is 0.0935. The first-order valence-corrected chi connectivity index (χ1v) is 10.1. The minimum Gasteiger partial charge on any atom is -0.490 e. The molecule has 1 aromatic rings. The average Bonchev–Trinajstić information content (AvgIpc) is 2.96. The fourth-order valence-electron chi connectivity index (χ4n) is 4.74. The molecule has 5 nitrogen and oxygen atoms in total. The van der Waals surface area contributed by atoms with Crippen molar-refractivity contribution in [1.82, 2.24) is 15.5 Å². The van der Waals surface area contributed by atoms with Crippen molar-refractivity contribution in [3.8, 4) is 5.75 Å². The lowest BCUT2D eigenvalue weighted by atomic mass is 9.80. The number of likely N-dealkylation sites (tertiary alicyclic amines) is 1. The van der Waals surface area contributed by atoms with Gasteiger partial charge in [0, 0.05) is 30.7 Å². The first-order valence-electron chi connectivity index (χ1n) is 10.1. The predicted octanol–water partition coefficient (Wildman–Crippen LogP) is 2.42. The molecule has 2 atom stereocenters. The van der Waals surface area contributed by atoms with Crippen LogP contribution in [0.3, 0.4) is 0 Å². The van der Waals surface area contributed by atoms with Crippen LogP contribution in [0.4, 0.5) is 0 Å². The van der Waals surface area contributed by atoms with Crippen molar-refractivity contribution >= 4 is 5.91 Å². The second-order valence-electron chi connectivity index (χ2n) is 8.45. The zero-order valence-corrected chi connectivity index (χ0v) is 15.8. The van der Waals surface area contributed by atoms with E-state index in [1.54, 1.807) is 0 Å². The summed E-state index contributed by atoms with van der Waals surface area (Å²) < 4.78 is 6.06. The summed E-state index contributed by atoms with van der Waals surface area (Å²) in [6.45, 7) is 4.01. The molecular weight excluding hydrogens is 326 g/mol. The van der Waals surface area contributed by atoms with Crippen molar-refractivity contribution in [1.29, 1.82) is 0 Å². The number of rotatable bonds is 5. The molecule has 3 fully saturated rings. The van der Waals surface area contributed by atoms with E-state index in [9.17, 15) is 4.79 Å². The van der Waals surface area contributed by atoms with Gasteiger partial charge in [-0.25, -0.2) is 0 Å². The highest BCUT2D eigenvalue weighted by Gasteiger charge is 2.41. The normalized spacial score (nSPS) is 29.5. The molecule has 26 heavy (non-hydrogen) atoms. The Morgan fingerprint density at radius 3 is 2.81 bits per heavy atom. The van der Waals surface area contributed by atoms with Gasteiger partial charge in [0.05, 0.1) is 0 Å². The summed E-state index contributed by atoms with van der Waals surface area (Å²) >= 11 is 0. The van der Waals surface area contributed by atoms with Crippen LogP contribution < -0.4 is 15.4 Å². The van der Waals surface area contributed by atoms with Crippen LogP contribution >= 0.6 is 0 Å². The highest BCUT2D eigenvalue weighted by molar-refractivity contribution is 5.94. The Hall–Kier alpha value is -1.59. The molecule has 1 saturated carbocycles. The van der Waals surface area contributed by atoms with Crippen molar-refractivity contribution in [3.05, 3.63) is 29.8 Å². The molecule has 2 heterocycles. The molecule has 1 unspecified atom stereocenters. The molecule has 2 aliphatic heterocycles. The number of hydrogen-bond acceptors (Lipinski definition) is 4. The minimum absolute atomic E-state index is 0.0149. The van der Waals surface area contributed by atoms with Crippen molar-refractivity contribution in [3.63, 3.8) is 0 Å². The number of fused-ring (bicyclic) bond motifs is 2. The highest BCUT2D eigenvalue weighted by Crippen LogP contribution is 2.37. The summed E-state index contributed by atoms with van der Waals surface area (Å²) in [5, 5.41) is 6.80. The fourth-order valence-corrected chi connectivity index (χ4v) is 4.74. The van der Waals surface area contributed by atoms with Crippen molar-refractivity contribution in [2.75, 3.05) is 33.2 Å². The Balaban J connectivity index is 1.28. The zero-order valence-electron chi connectivity index (χ0n) is 15.8. The molecule has 0 aromatic heterocycles. The minimum atomic E-state index is 0.0149. The number of carbonyl (C=O) groups excluding carboxylic acids is 1. The molecule has 1 aromatic carbocycles. The van der Waals surface area contributed by atoms with Crippen LogP contribution in [0.5, 0.6) is 5.75 Å². The van der Waals surface area contributed by atoms with E-state index in [4.69, 9.17) is 4.74 Å². The highest BCUT2D eigenvalue weighted by atomic mass is 16.5. The van der Waals surface area contributed by atoms with Crippen LogP contribution in [0.1, 0.15) is 48.9 Å². The van der Waals surface area contributed by atoms with Crippen LogP contribution in [0.15, 0.2) is 24.3 Å². The van der Waals surface area contributed by atoms with Gasteiger partial charge in [-0.05, 0) is 75.9 Å². The molecule has 0 spiro atoms. The third-order valence-electron chi connectivity index (χ3n) is 6.39. The van der Waals surface area contributed by atoms with Gasteiger partial charge in [0.2, 0.25) is 0 Å². The Bertz CT molecular complexity index is 621. The van der Waals surface area contributed by atoms with E-state index in [1.165, 1.54) is 25.7 Å². The number of piperidine rings is 1. The molecule has 142 valence electrons. The molecule has 5 heteroatoms. The Morgan fingerprint density at radius 1 is 1.27 bits per heavy atom. The number of amides is 1. The fraction of sp³-hybridized carbons (Fsp3) is 0.667. The number of ether oxygens (including phenoxy) is 1. The Kier molecular flexibility index (Phi) is 5.18. The number of carbonyl (C=O) groups is 1. The van der Waals surface area contributed by atoms with E-state index >= 15 is 0 Å². The summed E-state index contributed by atoms with van der Waals surface area (Å²) in [6.07, 6.45) is 7.41. The molecule has 1 aliphatic carbocycles. The van der Waals surface area contributed by atoms with Crippen molar-refractivity contribution in [2.24, 2.45) is 5.92 Å². The second-order valence-corrected chi connectivity index (χ2v) is 8.45. The molecule has 2 N–H and O–H groups in total. The molecular formula is C21H31N3O2. The van der Waals surface area contributed by atoms with Crippen LogP contribution in [0.2, 0.25) is 0 Å². The monoisotopic (exact) mass is 357 g/mol. The second kappa shape index (κ2) is 7.57. The lowest BCUT2D eigenvalue weighted by Crippen LogP contribution is -2.50. The van der Waals surface area contributed by atoms with Gasteiger partial charge in [-0.2, -0.15) is 0 Å². The zero-order chi connectivity index (χ0) is 18.0. The molecule has 2 saturated heterocycles. The lowest BCUT2D eigenvalue weighted by Gasteiger charge is -2.33. The van der Waals surface area contributed by atoms with Crippen LogP contribution in [-0.4, -0.2) is 55.7 Å². The SMILES string of the molecule is CN1CCC(Oc2ccc(C(=O)NC[C@]34CCCC(CN3)C4)cc2)CC1. The van der Waals surface area contributed by atoms with Gasteiger partial charge in [0.1, 0.15) is 11.9 Å². The summed E-state index contributed by atoms with van der Waals surface area (Å²) in [6, 6.07) is 7.61. The van der Waals surface area contributed by atoms with E-state index < -0.39 is 0 Å². The number of nitrogens with one attached hydrogen (secondary N) is 2. The Morgan fingerprint density at radius 2 is 2.04 bits per heavy atom. The van der Waals surface area contributed by atoms with Gasteiger partial charge in [-0.1, -0.05) is 6.42 Å². The third-order valence-corrected chi connectivity index (χ3v) is 6.39. The van der Waals surface area contributed by atoms with E-state index in [0.29, 0.717) is 5.56 Å². The van der Waals surface area contributed by atoms with Gasteiger partial charge < -0.3 is 20.3 Å². The van der Waals surface area contributed by atoms with Crippen molar-refractivity contribution in [2.45, 2.75) is 50.2 Å². The van der Waals surface area contributed by atoms with Gasteiger partial charge in [0.15, 0.2) is 0 Å². The van der Waals surface area contributed by atoms with Gasteiger partial charge >= 0.3 is 0 Å². The molecule has 1 amide bonds. The molecule has 4 rings (SSSR count). The summed E-state index contributed by atoms with van der Waals surface area (Å²) in [4.78, 5) is 14.8. The quantitative estimate of drug-likeness (QED) is 0.850. The molecule has 2 bridgehead atoms. The number of hydrogen-bond donors (Lipinski definition) is 2. The summed E-state index contributed by atoms with van der Waals surface area (Å²) in [5.74, 6) is 1.68. The van der Waals surface area contributed by atoms with Crippen molar-refractivity contribution < 1.29 is 9.53 Å². The summed E-state index contributed by atoms with van der Waals surface area (Å²) in [7, 11) is 2.15. The maximum absolute atomic E-state index is 12.5. The third kappa shape index (κ3) is 4.04. The van der Waals surface area contributed by atoms with Crippen LogP contribution in [0, 0.1) is 5.92 Å². The van der Waals surface area contributed by atoms with Crippen LogP contribution in [0.25, 0.3) is 0 Å². The first-order chi connectivity index (χ1) is 12.6. The smallest absolute Gasteiger partial charge is 0.251 e. The Labute approximate surface area is 156 Å². The van der Waals surface area contributed by atoms with E-state index in [0.717, 1.165) is 50.7 Å². The van der Waals surface area contributed by atoms with Gasteiger partial charge in [0.25, 0.3) is 5.91 Å². The largest absolute Gasteiger partial charge is 0.490 e. The van der Waals surface area contributed by atoms with E-state index in [-0.39, 0.29) is 17.6 Å². The average molecular weight is 357 g/mol. The maximum Gasteiger partial charge on any atom is 0.251 e. The van der Waals surface area contributed by atoms with Gasteiger partial charge in [-0.15, -0.1) is 0 Å². The van der Waals surface area contributed by atoms with Crippen LogP contribution in [-0.2, 0) is 0 Å². The molecule has 0 radical (unpaired) electrons. The first kappa shape index (κ1) is 17.8. The van der Waals surface area contributed by atoms with E-state index in [2.05, 4.69) is 22.6 Å². The maximum atomic E-state index is 12.5. The standard InChI is InChI=1S/C21H31N3O2/c1-24-11-8-19(9-12-24)26-18-6-4-17(5-7-18)20(25)22-15-21-10-2-3-16(13-21)14-23-21/h4-7,16,19,23H,2-3,8-15H2,1H3,(H,22,25)/t16?,21-/m1/s1. The van der Waals surface area contributed by atoms with E-state index in [1.807, 2.05) is 24.3 Å². The molecule has 3 aliphatic rings. The summed E-state index contributed by atoms with van der Waals surface area (Å²) in [5.41, 5.74) is 0.845. The van der Waals surface area contributed by atoms with Gasteiger partial charge in [-0.3, -0.25) is 4.79 Å². The number of nitrogens with zero attached hydrogens (tertiary/aromatic N) is 1. The number of benzene rings is 1. The predicted molar refractivity (Wildman–Crippen MR) is 103 cm³/mol.